The summed E-state index contributed by atoms with van der Waals surface area (Å²) in [5, 5.41) is 0. The zero-order valence-electron chi connectivity index (χ0n) is 12.1. The molecular weight excluding hydrogens is 264 g/mol. The van der Waals surface area contributed by atoms with Crippen LogP contribution in [0.5, 0.6) is 0 Å². The second kappa shape index (κ2) is 6.69. The number of hydrogen-bond donors (Lipinski definition) is 0. The number of benzene rings is 1. The molecule has 1 aliphatic carbocycles. The lowest BCUT2D eigenvalue weighted by molar-refractivity contribution is 0.0523. The summed E-state index contributed by atoms with van der Waals surface area (Å²) in [4.78, 5) is 24.6. The maximum atomic E-state index is 12.6. The van der Waals surface area contributed by atoms with Crippen LogP contribution < -0.4 is 0 Å². The predicted molar refractivity (Wildman–Crippen MR) is 81.2 cm³/mol. The van der Waals surface area contributed by atoms with Crippen LogP contribution in [0.25, 0.3) is 0 Å². The zero-order valence-corrected chi connectivity index (χ0v) is 12.1. The van der Waals surface area contributed by atoms with Crippen LogP contribution in [0.15, 0.2) is 65.4 Å². The van der Waals surface area contributed by atoms with E-state index < -0.39 is 5.97 Å². The Labute approximate surface area is 123 Å². The molecule has 2 rings (SSSR count). The van der Waals surface area contributed by atoms with Crippen LogP contribution in [0.3, 0.4) is 0 Å². The Morgan fingerprint density at radius 1 is 1.19 bits per heavy atom. The van der Waals surface area contributed by atoms with Gasteiger partial charge in [0.1, 0.15) is 0 Å². The van der Waals surface area contributed by atoms with Crippen molar-refractivity contribution in [2.45, 2.75) is 13.8 Å². The highest BCUT2D eigenvalue weighted by molar-refractivity contribution is 6.15. The van der Waals surface area contributed by atoms with Gasteiger partial charge in [-0.3, -0.25) is 4.79 Å². The first-order chi connectivity index (χ1) is 10.1. The van der Waals surface area contributed by atoms with E-state index in [2.05, 4.69) is 5.73 Å². The number of Topliss-reactive ketones (excluding diaryl/α,β-unsaturated/α-hetero) is 1. The van der Waals surface area contributed by atoms with Crippen LogP contribution in [0, 0.1) is 0 Å². The molecule has 0 atom stereocenters. The third-order valence-electron chi connectivity index (χ3n) is 2.98. The Balaban J connectivity index is 2.41. The fourth-order valence-electron chi connectivity index (χ4n) is 2.02. The van der Waals surface area contributed by atoms with Gasteiger partial charge >= 0.3 is 5.97 Å². The van der Waals surface area contributed by atoms with Gasteiger partial charge in [-0.05, 0) is 37.6 Å². The van der Waals surface area contributed by atoms with E-state index in [9.17, 15) is 9.59 Å². The molecular formula is C18H16O3. The lowest BCUT2D eigenvalue weighted by atomic mass is 9.97. The van der Waals surface area contributed by atoms with E-state index in [0.29, 0.717) is 11.1 Å². The lowest BCUT2D eigenvalue weighted by Crippen LogP contribution is -2.12. The van der Waals surface area contributed by atoms with Crippen molar-refractivity contribution < 1.29 is 14.3 Å². The molecule has 0 aliphatic heterocycles. The number of carbonyl (C=O) groups excluding carboxylic acids is 2. The molecule has 0 fully saturated rings. The van der Waals surface area contributed by atoms with Gasteiger partial charge in [-0.15, -0.1) is 5.73 Å². The van der Waals surface area contributed by atoms with Crippen molar-refractivity contribution in [3.63, 3.8) is 0 Å². The average molecular weight is 280 g/mol. The molecule has 3 heteroatoms. The molecule has 0 N–H and O–H groups in total. The highest BCUT2D eigenvalue weighted by atomic mass is 16.5. The van der Waals surface area contributed by atoms with Crippen molar-refractivity contribution >= 4 is 11.8 Å². The van der Waals surface area contributed by atoms with E-state index in [1.165, 1.54) is 0 Å². The molecule has 0 unspecified atom stereocenters. The van der Waals surface area contributed by atoms with Crippen molar-refractivity contribution in [1.29, 1.82) is 0 Å². The predicted octanol–water partition coefficient (Wildman–Crippen LogP) is 3.64. The van der Waals surface area contributed by atoms with Gasteiger partial charge in [0.15, 0.2) is 5.78 Å². The van der Waals surface area contributed by atoms with Gasteiger partial charge < -0.3 is 4.74 Å². The van der Waals surface area contributed by atoms with Crippen LogP contribution >= 0.6 is 0 Å². The molecule has 0 saturated heterocycles. The van der Waals surface area contributed by atoms with E-state index in [4.69, 9.17) is 4.74 Å². The molecule has 0 amide bonds. The Kier molecular flexibility index (Phi) is 4.70. The quantitative estimate of drug-likeness (QED) is 0.480. The van der Waals surface area contributed by atoms with Gasteiger partial charge in [0.05, 0.1) is 12.2 Å². The molecule has 21 heavy (non-hydrogen) atoms. The third-order valence-corrected chi connectivity index (χ3v) is 2.98. The minimum absolute atomic E-state index is 0.202. The van der Waals surface area contributed by atoms with E-state index in [0.717, 1.165) is 5.57 Å². The fourth-order valence-corrected chi connectivity index (χ4v) is 2.02. The summed E-state index contributed by atoms with van der Waals surface area (Å²) in [7, 11) is 0. The molecule has 1 aromatic rings. The van der Waals surface area contributed by atoms with Gasteiger partial charge in [-0.25, -0.2) is 4.79 Å². The van der Waals surface area contributed by atoms with Crippen molar-refractivity contribution in [3.8, 4) is 0 Å². The monoisotopic (exact) mass is 280 g/mol. The van der Waals surface area contributed by atoms with Crippen LogP contribution in [0.1, 0.15) is 34.6 Å². The highest BCUT2D eigenvalue weighted by Crippen LogP contribution is 2.18. The Hall–Kier alpha value is -2.64. The maximum Gasteiger partial charge on any atom is 0.338 e. The standard InChI is InChI=1S/C18H16O3/c1-3-21-18(20)16-11-7-6-10-15(16)17(19)14-9-5-4-8-13(2)12-14/h4-7,9-12H,3H2,1-2H3. The van der Waals surface area contributed by atoms with Crippen molar-refractivity contribution in [1.82, 2.24) is 0 Å². The van der Waals surface area contributed by atoms with Crippen LogP contribution in [-0.4, -0.2) is 18.4 Å². The van der Waals surface area contributed by atoms with E-state index in [-0.39, 0.29) is 18.0 Å². The Morgan fingerprint density at radius 2 is 1.90 bits per heavy atom. The molecule has 106 valence electrons. The smallest absolute Gasteiger partial charge is 0.338 e. The largest absolute Gasteiger partial charge is 0.462 e. The molecule has 0 aromatic heterocycles. The zero-order chi connectivity index (χ0) is 15.2. The van der Waals surface area contributed by atoms with Crippen LogP contribution in [0.4, 0.5) is 0 Å². The van der Waals surface area contributed by atoms with Gasteiger partial charge in [0.2, 0.25) is 0 Å². The first kappa shape index (κ1) is 14.8. The van der Waals surface area contributed by atoms with Gasteiger partial charge in [0.25, 0.3) is 0 Å². The Morgan fingerprint density at radius 3 is 2.62 bits per heavy atom. The third kappa shape index (κ3) is 3.47. The average Bonchev–Trinajstić information content (AvgIpc) is 2.71. The second-order valence-electron chi connectivity index (χ2n) is 4.55. The molecule has 0 heterocycles. The molecule has 0 spiro atoms. The summed E-state index contributed by atoms with van der Waals surface area (Å²) < 4.78 is 5.00. The van der Waals surface area contributed by atoms with Crippen LogP contribution in [0.2, 0.25) is 0 Å². The van der Waals surface area contributed by atoms with E-state index in [1.54, 1.807) is 55.5 Å². The van der Waals surface area contributed by atoms with Gasteiger partial charge in [0, 0.05) is 11.1 Å². The highest BCUT2D eigenvalue weighted by Gasteiger charge is 2.19. The maximum absolute atomic E-state index is 12.6. The molecule has 0 bridgehead atoms. The topological polar surface area (TPSA) is 43.4 Å². The molecule has 0 radical (unpaired) electrons. The van der Waals surface area contributed by atoms with E-state index >= 15 is 0 Å². The van der Waals surface area contributed by atoms with Crippen LogP contribution in [-0.2, 0) is 4.74 Å². The van der Waals surface area contributed by atoms with Crippen molar-refractivity contribution in [2.75, 3.05) is 6.61 Å². The van der Waals surface area contributed by atoms with Gasteiger partial charge in [-0.2, -0.15) is 0 Å². The molecule has 1 aromatic carbocycles. The van der Waals surface area contributed by atoms with Crippen molar-refractivity contribution in [3.05, 3.63) is 76.6 Å². The second-order valence-corrected chi connectivity index (χ2v) is 4.55. The lowest BCUT2D eigenvalue weighted by Gasteiger charge is -2.08. The minimum Gasteiger partial charge on any atom is -0.462 e. The number of ketones is 1. The summed E-state index contributed by atoms with van der Waals surface area (Å²) in [6, 6.07) is 6.69. The summed E-state index contributed by atoms with van der Waals surface area (Å²) in [5.41, 5.74) is 5.04. The number of ether oxygens (including phenoxy) is 1. The van der Waals surface area contributed by atoms with Gasteiger partial charge in [-0.1, -0.05) is 30.4 Å². The van der Waals surface area contributed by atoms with E-state index in [1.807, 2.05) is 6.92 Å². The molecule has 0 saturated carbocycles. The number of esters is 1. The number of carbonyl (C=O) groups is 2. The normalized spacial score (nSPS) is 13.2. The number of rotatable bonds is 4. The minimum atomic E-state index is -0.481. The number of hydrogen-bond acceptors (Lipinski definition) is 3. The summed E-state index contributed by atoms with van der Waals surface area (Å²) in [6.07, 6.45) is 6.98. The molecule has 3 nitrogen and oxygen atoms in total. The summed E-state index contributed by atoms with van der Waals surface area (Å²) >= 11 is 0. The molecule has 1 aliphatic rings. The first-order valence-electron chi connectivity index (χ1n) is 6.76. The number of allylic oxidation sites excluding steroid dienone is 5. The Bertz CT molecular complexity index is 699. The summed E-state index contributed by atoms with van der Waals surface area (Å²) in [5.74, 6) is -0.684. The summed E-state index contributed by atoms with van der Waals surface area (Å²) in [6.45, 7) is 3.88. The van der Waals surface area contributed by atoms with Crippen molar-refractivity contribution in [2.24, 2.45) is 0 Å². The fraction of sp³-hybridized carbons (Fsp3) is 0.167. The SMILES string of the molecule is CCOC(=O)c1ccccc1C(=O)C1=CC(C)=C=CC=C1. The first-order valence-corrected chi connectivity index (χ1v) is 6.76.